The number of anilines is 5. The van der Waals surface area contributed by atoms with Crippen molar-refractivity contribution < 1.29 is 18.0 Å². The lowest BCUT2D eigenvalue weighted by Gasteiger charge is -2.22. The van der Waals surface area contributed by atoms with E-state index in [1.54, 1.807) is 55.6 Å². The van der Waals surface area contributed by atoms with Crippen molar-refractivity contribution in [3.63, 3.8) is 0 Å². The van der Waals surface area contributed by atoms with Crippen LogP contribution >= 0.6 is 12.6 Å². The maximum Gasteiger partial charge on any atom is 0.338 e. The summed E-state index contributed by atoms with van der Waals surface area (Å²) in [5, 5.41) is 5.63. The highest BCUT2D eigenvalue weighted by Gasteiger charge is 2.16. The number of nitrogens with one attached hydrogen (secondary N) is 5. The number of carbonyl (C=O) groups is 2. The van der Waals surface area contributed by atoms with Gasteiger partial charge in [0.25, 0.3) is 10.0 Å². The highest BCUT2D eigenvalue weighted by Crippen LogP contribution is 2.23. The summed E-state index contributed by atoms with van der Waals surface area (Å²) >= 11 is 4.10. The van der Waals surface area contributed by atoms with Gasteiger partial charge in [0.05, 0.1) is 27.0 Å². The first-order chi connectivity index (χ1) is 17.9. The van der Waals surface area contributed by atoms with E-state index in [0.29, 0.717) is 33.5 Å². The Morgan fingerprint density at radius 2 is 1.55 bits per heavy atom. The number of hydrogen-bond acceptors (Lipinski definition) is 9. The van der Waals surface area contributed by atoms with Crippen LogP contribution in [0.15, 0.2) is 89.3 Å². The number of nitrogens with zero attached hydrogens (tertiary/aromatic N) is 2. The largest absolute Gasteiger partial charge is 0.350 e. The number of rotatable bonds is 10. The van der Waals surface area contributed by atoms with Crippen molar-refractivity contribution in [1.82, 2.24) is 10.9 Å². The minimum absolute atomic E-state index is 0.0237. The lowest BCUT2D eigenvalue weighted by atomic mass is 10.2. The van der Waals surface area contributed by atoms with Crippen molar-refractivity contribution in [2.45, 2.75) is 4.90 Å². The Morgan fingerprint density at radius 3 is 2.21 bits per heavy atom. The lowest BCUT2D eigenvalue weighted by molar-refractivity contribution is 0.250. The van der Waals surface area contributed by atoms with Crippen LogP contribution in [0.2, 0.25) is 0 Å². The number of hydrazine groups is 3. The molecule has 0 aliphatic heterocycles. The van der Waals surface area contributed by atoms with Gasteiger partial charge in [-0.25, -0.2) is 29.3 Å². The Bertz CT molecular complexity index is 1430. The second-order valence-electron chi connectivity index (χ2n) is 7.76. The van der Waals surface area contributed by atoms with Crippen molar-refractivity contribution in [3.05, 3.63) is 84.4 Å². The van der Waals surface area contributed by atoms with Crippen LogP contribution in [-0.2, 0) is 10.0 Å². The number of amides is 4. The van der Waals surface area contributed by atoms with Crippen LogP contribution in [0.25, 0.3) is 0 Å². The lowest BCUT2D eigenvalue weighted by Crippen LogP contribution is -2.42. The zero-order valence-electron chi connectivity index (χ0n) is 20.2. The smallest absolute Gasteiger partial charge is 0.338 e. The normalized spacial score (nSPS) is 10.6. The minimum Gasteiger partial charge on any atom is -0.350 e. The van der Waals surface area contributed by atoms with Crippen LogP contribution in [0.5, 0.6) is 0 Å². The van der Waals surface area contributed by atoms with E-state index in [1.807, 2.05) is 0 Å². The molecule has 0 spiro atoms. The van der Waals surface area contributed by atoms with E-state index < -0.39 is 22.1 Å². The standard InChI is InChI=1S/C23H27N9O4S2/c1-15(37)32(25)20-7-3-5-18(13-20)26-23(34)29-31(2)19-6-4-8-21(14-19)38(35,36)30-17-11-9-16(10-12-17)27-28-22(24)33/h3-14,27,30,37H,1,25H2,2H3,(H3,24,28,33)(H2,26,29,34). The van der Waals surface area contributed by atoms with Crippen molar-refractivity contribution >= 4 is 63.2 Å². The molecule has 3 rings (SSSR count). The molecule has 0 heterocycles. The second-order valence-corrected chi connectivity index (χ2v) is 9.95. The van der Waals surface area contributed by atoms with E-state index in [1.165, 1.54) is 34.3 Å². The van der Waals surface area contributed by atoms with Gasteiger partial charge in [0.15, 0.2) is 0 Å². The molecule has 0 saturated carbocycles. The Labute approximate surface area is 225 Å². The summed E-state index contributed by atoms with van der Waals surface area (Å²) < 4.78 is 28.3. The molecule has 0 unspecified atom stereocenters. The fraction of sp³-hybridized carbons (Fsp3) is 0.0435. The minimum atomic E-state index is -3.95. The molecule has 200 valence electrons. The van der Waals surface area contributed by atoms with Gasteiger partial charge in [-0.3, -0.25) is 25.6 Å². The summed E-state index contributed by atoms with van der Waals surface area (Å²) in [6.07, 6.45) is 0. The molecule has 4 amide bonds. The van der Waals surface area contributed by atoms with Crippen LogP contribution in [0.4, 0.5) is 38.0 Å². The van der Waals surface area contributed by atoms with Crippen LogP contribution in [0, 0.1) is 0 Å². The van der Waals surface area contributed by atoms with Gasteiger partial charge in [-0.2, -0.15) is 0 Å². The van der Waals surface area contributed by atoms with Crippen molar-refractivity contribution in [2.24, 2.45) is 11.6 Å². The molecular weight excluding hydrogens is 530 g/mol. The van der Waals surface area contributed by atoms with Crippen LogP contribution < -0.4 is 47.9 Å². The number of nitrogens with two attached hydrogens (primary N) is 2. The topological polar surface area (TPSA) is 187 Å². The van der Waals surface area contributed by atoms with Gasteiger partial charge in [-0.15, -0.1) is 12.6 Å². The number of carbonyl (C=O) groups excluding carboxylic acids is 2. The van der Waals surface area contributed by atoms with Crippen LogP contribution in [-0.4, -0.2) is 27.5 Å². The quantitative estimate of drug-likeness (QED) is 0.106. The Kier molecular flexibility index (Phi) is 8.90. The summed E-state index contributed by atoms with van der Waals surface area (Å²) in [6, 6.07) is 17.5. The van der Waals surface area contributed by atoms with Gasteiger partial charge in [0.2, 0.25) is 0 Å². The predicted molar refractivity (Wildman–Crippen MR) is 152 cm³/mol. The van der Waals surface area contributed by atoms with Gasteiger partial charge in [0.1, 0.15) is 0 Å². The van der Waals surface area contributed by atoms with E-state index in [0.717, 1.165) is 0 Å². The monoisotopic (exact) mass is 557 g/mol. The SMILES string of the molecule is C=C(S)N(N)c1cccc(NC(=O)NN(C)c2cccc(S(=O)(=O)Nc3ccc(NNC(N)=O)cc3)c2)c1. The average molecular weight is 558 g/mol. The third-order valence-corrected chi connectivity index (χ3v) is 6.51. The van der Waals surface area contributed by atoms with Gasteiger partial charge < -0.3 is 11.1 Å². The predicted octanol–water partition coefficient (Wildman–Crippen LogP) is 2.74. The molecule has 9 N–H and O–H groups in total. The van der Waals surface area contributed by atoms with Gasteiger partial charge in [-0.1, -0.05) is 18.7 Å². The van der Waals surface area contributed by atoms with E-state index in [2.05, 4.69) is 45.5 Å². The highest BCUT2D eigenvalue weighted by molar-refractivity contribution is 7.92. The molecule has 0 atom stereocenters. The molecule has 15 heteroatoms. The maximum atomic E-state index is 12.9. The molecule has 0 saturated heterocycles. The second kappa shape index (κ2) is 12.1. The Balaban J connectivity index is 1.65. The van der Waals surface area contributed by atoms with Crippen LogP contribution in [0.3, 0.4) is 0 Å². The van der Waals surface area contributed by atoms with E-state index >= 15 is 0 Å². The van der Waals surface area contributed by atoms with Crippen molar-refractivity contribution in [1.29, 1.82) is 0 Å². The summed E-state index contributed by atoms with van der Waals surface area (Å²) in [7, 11) is -2.39. The zero-order chi connectivity index (χ0) is 27.9. The van der Waals surface area contributed by atoms with E-state index in [-0.39, 0.29) is 4.90 Å². The number of thiol groups is 1. The summed E-state index contributed by atoms with van der Waals surface area (Å²) in [4.78, 5) is 23.3. The summed E-state index contributed by atoms with van der Waals surface area (Å²) in [5.74, 6) is 5.87. The molecule has 38 heavy (non-hydrogen) atoms. The molecule has 0 bridgehead atoms. The molecule has 13 nitrogen and oxygen atoms in total. The molecule has 0 aromatic heterocycles. The average Bonchev–Trinajstić information content (AvgIpc) is 2.87. The zero-order valence-corrected chi connectivity index (χ0v) is 21.9. The number of hydrogen-bond donors (Lipinski definition) is 8. The fourth-order valence-electron chi connectivity index (χ4n) is 3.09. The first-order valence-electron chi connectivity index (χ1n) is 10.8. The fourth-order valence-corrected chi connectivity index (χ4v) is 4.30. The van der Waals surface area contributed by atoms with Gasteiger partial charge in [-0.05, 0) is 60.7 Å². The molecule has 0 aliphatic carbocycles. The first kappa shape index (κ1) is 28.0. The molecular formula is C23H27N9O4S2. The number of benzene rings is 3. The van der Waals surface area contributed by atoms with Gasteiger partial charge in [0, 0.05) is 18.4 Å². The van der Waals surface area contributed by atoms with Gasteiger partial charge >= 0.3 is 12.1 Å². The number of urea groups is 2. The van der Waals surface area contributed by atoms with Crippen molar-refractivity contribution in [2.75, 3.05) is 32.5 Å². The Morgan fingerprint density at radius 1 is 0.921 bits per heavy atom. The Hall–Kier alpha value is -4.60. The number of primary amides is 1. The molecule has 0 fully saturated rings. The first-order valence-corrected chi connectivity index (χ1v) is 12.8. The number of sulfonamides is 1. The maximum absolute atomic E-state index is 12.9. The van der Waals surface area contributed by atoms with E-state index in [9.17, 15) is 18.0 Å². The van der Waals surface area contributed by atoms with Crippen LogP contribution in [0.1, 0.15) is 0 Å². The highest BCUT2D eigenvalue weighted by atomic mass is 32.2. The molecule has 0 aliphatic rings. The summed E-state index contributed by atoms with van der Waals surface area (Å²) in [5.41, 5.74) is 14.6. The summed E-state index contributed by atoms with van der Waals surface area (Å²) in [6.45, 7) is 3.65. The van der Waals surface area contributed by atoms with Crippen molar-refractivity contribution in [3.8, 4) is 0 Å². The molecule has 3 aromatic carbocycles. The molecule has 3 aromatic rings. The molecule has 0 radical (unpaired) electrons. The third kappa shape index (κ3) is 7.70. The van der Waals surface area contributed by atoms with E-state index in [4.69, 9.17) is 11.6 Å². The third-order valence-electron chi connectivity index (χ3n) is 4.91.